The molecule has 0 radical (unpaired) electrons. The number of hydrogen-bond donors (Lipinski definition) is 2. The van der Waals surface area contributed by atoms with Gasteiger partial charge in [0.1, 0.15) is 0 Å². The van der Waals surface area contributed by atoms with Crippen LogP contribution in [0.3, 0.4) is 0 Å². The summed E-state index contributed by atoms with van der Waals surface area (Å²) >= 11 is 0. The zero-order chi connectivity index (χ0) is 13.9. The molecule has 0 aliphatic heterocycles. The van der Waals surface area contributed by atoms with E-state index in [0.29, 0.717) is 0 Å². The first kappa shape index (κ1) is 14.2. The van der Waals surface area contributed by atoms with Gasteiger partial charge < -0.3 is 10.4 Å². The monoisotopic (exact) mass is 249 g/mol. The lowest BCUT2D eigenvalue weighted by atomic mass is 9.98. The number of amides is 1. The fourth-order valence-electron chi connectivity index (χ4n) is 1.83. The highest BCUT2D eigenvalue weighted by molar-refractivity contribution is 5.94. The number of carboxylic acids is 1. The third kappa shape index (κ3) is 3.32. The molecule has 1 aromatic carbocycles. The highest BCUT2D eigenvalue weighted by Gasteiger charge is 2.12. The minimum absolute atomic E-state index is 0.00119. The predicted octanol–water partition coefficient (Wildman–Crippen LogP) is 2.72. The molecule has 0 bridgehead atoms. The Labute approximate surface area is 107 Å². The number of carbonyl (C=O) groups excluding carboxylic acids is 1. The van der Waals surface area contributed by atoms with E-state index in [0.717, 1.165) is 27.9 Å². The summed E-state index contributed by atoms with van der Waals surface area (Å²) in [6.45, 7) is 7.90. The molecular formula is C14H19NO3. The quantitative estimate of drug-likeness (QED) is 0.862. The van der Waals surface area contributed by atoms with E-state index in [1.54, 1.807) is 0 Å². The van der Waals surface area contributed by atoms with E-state index in [1.165, 1.54) is 0 Å². The van der Waals surface area contributed by atoms with Crippen LogP contribution in [0.1, 0.15) is 35.1 Å². The minimum atomic E-state index is -0.959. The first-order valence-corrected chi connectivity index (χ1v) is 5.92. The maximum atomic E-state index is 11.7. The second kappa shape index (κ2) is 5.67. The molecule has 1 aromatic rings. The number of aliphatic carboxylic acids is 1. The Balaban J connectivity index is 2.90. The second-order valence-electron chi connectivity index (χ2n) is 4.58. The molecule has 0 aliphatic carbocycles. The number of aryl methyl sites for hydroxylation is 2. The van der Waals surface area contributed by atoms with Crippen molar-refractivity contribution in [2.45, 2.75) is 40.5 Å². The average Bonchev–Trinajstić information content (AvgIpc) is 2.29. The van der Waals surface area contributed by atoms with Crippen LogP contribution < -0.4 is 5.32 Å². The van der Waals surface area contributed by atoms with E-state index in [4.69, 9.17) is 5.11 Å². The van der Waals surface area contributed by atoms with E-state index in [-0.39, 0.29) is 18.7 Å². The number of carbonyl (C=O) groups is 2. The highest BCUT2D eigenvalue weighted by Crippen LogP contribution is 2.26. The van der Waals surface area contributed by atoms with Gasteiger partial charge in [0.2, 0.25) is 5.91 Å². The standard InChI is InChI=1S/C14H19NO3/c1-8-7-9(2)11(4)14(10(8)3)15-12(16)5-6-13(17)18/h7H,5-6H2,1-4H3,(H,15,16)(H,17,18). The molecule has 0 spiro atoms. The van der Waals surface area contributed by atoms with Gasteiger partial charge in [-0.2, -0.15) is 0 Å². The first-order chi connectivity index (χ1) is 8.32. The molecule has 1 rings (SSSR count). The SMILES string of the molecule is Cc1cc(C)c(C)c(NC(=O)CCC(=O)O)c1C. The number of anilines is 1. The van der Waals surface area contributed by atoms with E-state index in [1.807, 2.05) is 27.7 Å². The van der Waals surface area contributed by atoms with Crippen molar-refractivity contribution in [2.24, 2.45) is 0 Å². The molecule has 0 unspecified atom stereocenters. The molecule has 18 heavy (non-hydrogen) atoms. The van der Waals surface area contributed by atoms with Crippen LogP contribution in [0.25, 0.3) is 0 Å². The van der Waals surface area contributed by atoms with Crippen molar-refractivity contribution in [3.05, 3.63) is 28.3 Å². The molecule has 1 amide bonds. The summed E-state index contributed by atoms with van der Waals surface area (Å²) in [6, 6.07) is 2.08. The summed E-state index contributed by atoms with van der Waals surface area (Å²) in [4.78, 5) is 22.1. The summed E-state index contributed by atoms with van der Waals surface area (Å²) < 4.78 is 0. The summed E-state index contributed by atoms with van der Waals surface area (Å²) in [5, 5.41) is 11.4. The fourth-order valence-corrected chi connectivity index (χ4v) is 1.83. The van der Waals surface area contributed by atoms with Crippen LogP contribution in [0.4, 0.5) is 5.69 Å². The lowest BCUT2D eigenvalue weighted by Crippen LogP contribution is -2.15. The zero-order valence-corrected chi connectivity index (χ0v) is 11.3. The largest absolute Gasteiger partial charge is 0.481 e. The average molecular weight is 249 g/mol. The normalized spacial score (nSPS) is 10.2. The Kier molecular flexibility index (Phi) is 4.48. The molecule has 98 valence electrons. The van der Waals surface area contributed by atoms with Crippen molar-refractivity contribution in [1.82, 2.24) is 0 Å². The van der Waals surface area contributed by atoms with Gasteiger partial charge in [-0.1, -0.05) is 6.07 Å². The van der Waals surface area contributed by atoms with Crippen LogP contribution in [-0.4, -0.2) is 17.0 Å². The van der Waals surface area contributed by atoms with Crippen molar-refractivity contribution in [3.63, 3.8) is 0 Å². The lowest BCUT2D eigenvalue weighted by Gasteiger charge is -2.16. The van der Waals surface area contributed by atoms with Crippen LogP contribution in [0.15, 0.2) is 6.07 Å². The summed E-state index contributed by atoms with van der Waals surface area (Å²) in [5.41, 5.74) is 5.10. The smallest absolute Gasteiger partial charge is 0.303 e. The van der Waals surface area contributed by atoms with Crippen molar-refractivity contribution < 1.29 is 14.7 Å². The summed E-state index contributed by atoms with van der Waals surface area (Å²) in [7, 11) is 0. The maximum Gasteiger partial charge on any atom is 0.303 e. The molecule has 0 aromatic heterocycles. The molecule has 0 saturated heterocycles. The number of carboxylic acid groups (broad SMARTS) is 1. The molecule has 0 saturated carbocycles. The number of rotatable bonds is 4. The molecule has 2 N–H and O–H groups in total. The second-order valence-corrected chi connectivity index (χ2v) is 4.58. The maximum absolute atomic E-state index is 11.7. The van der Waals surface area contributed by atoms with Crippen LogP contribution in [0.2, 0.25) is 0 Å². The van der Waals surface area contributed by atoms with E-state index >= 15 is 0 Å². The van der Waals surface area contributed by atoms with E-state index in [9.17, 15) is 9.59 Å². The first-order valence-electron chi connectivity index (χ1n) is 5.92. The molecule has 4 nitrogen and oxygen atoms in total. The van der Waals surface area contributed by atoms with Gasteiger partial charge in [0.05, 0.1) is 6.42 Å². The van der Waals surface area contributed by atoms with Gasteiger partial charge in [-0.25, -0.2) is 0 Å². The third-order valence-electron chi connectivity index (χ3n) is 3.20. The molecule has 0 aliphatic rings. The van der Waals surface area contributed by atoms with Gasteiger partial charge in [-0.3, -0.25) is 9.59 Å². The van der Waals surface area contributed by atoms with Crippen LogP contribution in [-0.2, 0) is 9.59 Å². The molecule has 4 heteroatoms. The Bertz CT molecular complexity index is 466. The van der Waals surface area contributed by atoms with Crippen LogP contribution in [0, 0.1) is 27.7 Å². The Morgan fingerprint density at radius 3 is 2.00 bits per heavy atom. The number of benzene rings is 1. The summed E-state index contributed by atoms with van der Waals surface area (Å²) in [5.74, 6) is -1.22. The number of hydrogen-bond acceptors (Lipinski definition) is 2. The molecule has 0 heterocycles. The van der Waals surface area contributed by atoms with Gasteiger partial charge in [0.15, 0.2) is 0 Å². The van der Waals surface area contributed by atoms with Gasteiger partial charge in [-0.15, -0.1) is 0 Å². The highest BCUT2D eigenvalue weighted by atomic mass is 16.4. The van der Waals surface area contributed by atoms with Crippen molar-refractivity contribution >= 4 is 17.6 Å². The lowest BCUT2D eigenvalue weighted by molar-refractivity contribution is -0.138. The molecule has 0 fully saturated rings. The molecular weight excluding hydrogens is 230 g/mol. The zero-order valence-electron chi connectivity index (χ0n) is 11.3. The van der Waals surface area contributed by atoms with E-state index in [2.05, 4.69) is 11.4 Å². The third-order valence-corrected chi connectivity index (χ3v) is 3.20. The Morgan fingerprint density at radius 1 is 1.06 bits per heavy atom. The topological polar surface area (TPSA) is 66.4 Å². The number of nitrogens with one attached hydrogen (secondary N) is 1. The van der Waals surface area contributed by atoms with Gasteiger partial charge >= 0.3 is 5.97 Å². The molecule has 0 atom stereocenters. The van der Waals surface area contributed by atoms with Crippen LogP contribution >= 0.6 is 0 Å². The Morgan fingerprint density at radius 2 is 1.56 bits per heavy atom. The van der Waals surface area contributed by atoms with Crippen molar-refractivity contribution in [2.75, 3.05) is 5.32 Å². The minimum Gasteiger partial charge on any atom is -0.481 e. The van der Waals surface area contributed by atoms with Gasteiger partial charge in [0.25, 0.3) is 0 Å². The Hall–Kier alpha value is -1.84. The van der Waals surface area contributed by atoms with Crippen LogP contribution in [0.5, 0.6) is 0 Å². The fraction of sp³-hybridized carbons (Fsp3) is 0.429. The van der Waals surface area contributed by atoms with Crippen molar-refractivity contribution in [3.8, 4) is 0 Å². The van der Waals surface area contributed by atoms with Crippen molar-refractivity contribution in [1.29, 1.82) is 0 Å². The summed E-state index contributed by atoms with van der Waals surface area (Å²) in [6.07, 6.45) is -0.143. The van der Waals surface area contributed by atoms with Gasteiger partial charge in [-0.05, 0) is 49.9 Å². The van der Waals surface area contributed by atoms with Gasteiger partial charge in [0, 0.05) is 12.1 Å². The predicted molar refractivity (Wildman–Crippen MR) is 70.9 cm³/mol. The van der Waals surface area contributed by atoms with E-state index < -0.39 is 5.97 Å².